The number of nitrogens with one attached hydrogen (secondary N) is 1. The largest absolute Gasteiger partial charge is 0.481 e. The average Bonchev–Trinajstić information content (AvgIpc) is 2.20. The third-order valence-corrected chi connectivity index (χ3v) is 3.94. The standard InChI is InChI=1S/C11H21NO3/c1-3-10(4-2,9(13)14)11(15)5-7-12-8-6-11/h12,15H,3-8H2,1-2H3,(H,13,14). The molecule has 1 aliphatic heterocycles. The van der Waals surface area contributed by atoms with Crippen molar-refractivity contribution in [3.8, 4) is 0 Å². The van der Waals surface area contributed by atoms with Gasteiger partial charge in [-0.25, -0.2) is 0 Å². The third-order valence-electron chi connectivity index (χ3n) is 3.94. The van der Waals surface area contributed by atoms with E-state index in [2.05, 4.69) is 5.32 Å². The van der Waals surface area contributed by atoms with E-state index in [-0.39, 0.29) is 0 Å². The SMILES string of the molecule is CCC(CC)(C(=O)O)C1(O)CCNCC1. The highest BCUT2D eigenvalue weighted by Crippen LogP contribution is 2.43. The lowest BCUT2D eigenvalue weighted by Crippen LogP contribution is -2.57. The molecule has 0 aliphatic carbocycles. The van der Waals surface area contributed by atoms with E-state index in [0.29, 0.717) is 38.8 Å². The van der Waals surface area contributed by atoms with Gasteiger partial charge in [-0.05, 0) is 38.8 Å². The van der Waals surface area contributed by atoms with Gasteiger partial charge in [0.15, 0.2) is 0 Å². The molecule has 3 N–H and O–H groups in total. The van der Waals surface area contributed by atoms with Crippen LogP contribution in [0.1, 0.15) is 39.5 Å². The number of rotatable bonds is 4. The summed E-state index contributed by atoms with van der Waals surface area (Å²) in [5.41, 5.74) is -2.03. The number of piperidine rings is 1. The number of carbonyl (C=O) groups is 1. The Hall–Kier alpha value is -0.610. The van der Waals surface area contributed by atoms with E-state index in [0.717, 1.165) is 0 Å². The van der Waals surface area contributed by atoms with Crippen LogP contribution in [-0.2, 0) is 4.79 Å². The van der Waals surface area contributed by atoms with Crippen LogP contribution in [0.15, 0.2) is 0 Å². The molecule has 0 aromatic carbocycles. The number of hydrogen-bond acceptors (Lipinski definition) is 3. The fourth-order valence-corrected chi connectivity index (χ4v) is 2.73. The molecular formula is C11H21NO3. The van der Waals surface area contributed by atoms with Crippen molar-refractivity contribution < 1.29 is 15.0 Å². The molecule has 0 saturated carbocycles. The summed E-state index contributed by atoms with van der Waals surface area (Å²) in [5.74, 6) is -0.864. The van der Waals surface area contributed by atoms with Gasteiger partial charge >= 0.3 is 5.97 Å². The molecule has 1 rings (SSSR count). The van der Waals surface area contributed by atoms with Crippen LogP contribution in [0.2, 0.25) is 0 Å². The van der Waals surface area contributed by atoms with Crippen LogP contribution in [0.5, 0.6) is 0 Å². The number of carboxylic acids is 1. The smallest absolute Gasteiger partial charge is 0.312 e. The minimum atomic E-state index is -1.05. The maximum atomic E-state index is 11.4. The molecule has 0 aromatic rings. The predicted octanol–water partition coefficient (Wildman–Crippen LogP) is 0.992. The van der Waals surface area contributed by atoms with E-state index < -0.39 is 17.0 Å². The lowest BCUT2D eigenvalue weighted by Gasteiger charge is -2.46. The minimum Gasteiger partial charge on any atom is -0.481 e. The molecule has 0 amide bonds. The number of aliphatic hydroxyl groups is 1. The van der Waals surface area contributed by atoms with Gasteiger partial charge in [0.1, 0.15) is 0 Å². The van der Waals surface area contributed by atoms with Crippen LogP contribution in [0.3, 0.4) is 0 Å². The normalized spacial score (nSPS) is 21.3. The Bertz CT molecular complexity index is 230. The molecule has 88 valence electrons. The minimum absolute atomic E-state index is 0.481. The maximum absolute atomic E-state index is 11.4. The zero-order valence-corrected chi connectivity index (χ0v) is 9.55. The van der Waals surface area contributed by atoms with Crippen molar-refractivity contribution >= 4 is 5.97 Å². The molecule has 1 saturated heterocycles. The Morgan fingerprint density at radius 1 is 1.33 bits per heavy atom. The van der Waals surface area contributed by atoms with Crippen LogP contribution >= 0.6 is 0 Å². The van der Waals surface area contributed by atoms with Crippen molar-refractivity contribution in [1.82, 2.24) is 5.32 Å². The summed E-state index contributed by atoms with van der Waals surface area (Å²) in [4.78, 5) is 11.4. The quantitative estimate of drug-likeness (QED) is 0.654. The van der Waals surface area contributed by atoms with E-state index in [9.17, 15) is 15.0 Å². The lowest BCUT2D eigenvalue weighted by atomic mass is 9.64. The van der Waals surface area contributed by atoms with Crippen LogP contribution in [-0.4, -0.2) is 34.9 Å². The molecule has 15 heavy (non-hydrogen) atoms. The highest BCUT2D eigenvalue weighted by Gasteiger charge is 2.53. The van der Waals surface area contributed by atoms with Gasteiger partial charge in [0, 0.05) is 0 Å². The predicted molar refractivity (Wildman–Crippen MR) is 57.7 cm³/mol. The zero-order chi connectivity index (χ0) is 11.5. The first-order valence-electron chi connectivity index (χ1n) is 5.69. The zero-order valence-electron chi connectivity index (χ0n) is 9.55. The molecule has 1 aliphatic rings. The van der Waals surface area contributed by atoms with Crippen molar-refractivity contribution in [3.05, 3.63) is 0 Å². The maximum Gasteiger partial charge on any atom is 0.312 e. The van der Waals surface area contributed by atoms with Crippen molar-refractivity contribution in [2.45, 2.75) is 45.1 Å². The molecule has 0 unspecified atom stereocenters. The summed E-state index contributed by atoms with van der Waals surface area (Å²) in [7, 11) is 0. The van der Waals surface area contributed by atoms with Crippen molar-refractivity contribution in [1.29, 1.82) is 0 Å². The summed E-state index contributed by atoms with van der Waals surface area (Å²) in [6.07, 6.45) is 2.02. The van der Waals surface area contributed by atoms with Gasteiger partial charge < -0.3 is 15.5 Å². The molecule has 4 heteroatoms. The van der Waals surface area contributed by atoms with Crippen LogP contribution < -0.4 is 5.32 Å². The highest BCUT2D eigenvalue weighted by molar-refractivity contribution is 5.76. The van der Waals surface area contributed by atoms with Gasteiger partial charge in [0.05, 0.1) is 11.0 Å². The molecule has 1 fully saturated rings. The Morgan fingerprint density at radius 3 is 2.13 bits per heavy atom. The van der Waals surface area contributed by atoms with E-state index in [1.165, 1.54) is 0 Å². The Balaban J connectivity index is 3.00. The van der Waals surface area contributed by atoms with Crippen LogP contribution in [0.4, 0.5) is 0 Å². The molecule has 0 spiro atoms. The molecule has 1 heterocycles. The fourth-order valence-electron chi connectivity index (χ4n) is 2.73. The molecule has 0 bridgehead atoms. The number of aliphatic carboxylic acids is 1. The second-order valence-corrected chi connectivity index (χ2v) is 4.38. The van der Waals surface area contributed by atoms with Gasteiger partial charge in [-0.1, -0.05) is 13.8 Å². The van der Waals surface area contributed by atoms with Gasteiger partial charge in [0.2, 0.25) is 0 Å². The topological polar surface area (TPSA) is 69.6 Å². The Morgan fingerprint density at radius 2 is 1.80 bits per heavy atom. The first-order chi connectivity index (χ1) is 7.02. The van der Waals surface area contributed by atoms with Crippen molar-refractivity contribution in [2.75, 3.05) is 13.1 Å². The average molecular weight is 215 g/mol. The first kappa shape index (κ1) is 12.5. The second kappa shape index (κ2) is 4.49. The molecular weight excluding hydrogens is 194 g/mol. The first-order valence-corrected chi connectivity index (χ1v) is 5.69. The summed E-state index contributed by atoms with van der Waals surface area (Å²) in [6, 6.07) is 0. The molecule has 4 nitrogen and oxygen atoms in total. The highest BCUT2D eigenvalue weighted by atomic mass is 16.4. The van der Waals surface area contributed by atoms with Gasteiger partial charge in [-0.3, -0.25) is 4.79 Å². The Labute approximate surface area is 90.7 Å². The molecule has 0 aromatic heterocycles. The van der Waals surface area contributed by atoms with Crippen LogP contribution in [0.25, 0.3) is 0 Å². The number of hydrogen-bond donors (Lipinski definition) is 3. The van der Waals surface area contributed by atoms with Crippen molar-refractivity contribution in [2.24, 2.45) is 5.41 Å². The monoisotopic (exact) mass is 215 g/mol. The van der Waals surface area contributed by atoms with Crippen molar-refractivity contribution in [3.63, 3.8) is 0 Å². The summed E-state index contributed by atoms with van der Waals surface area (Å²) in [5, 5.41) is 23.0. The number of carboxylic acid groups (broad SMARTS) is 1. The van der Waals surface area contributed by atoms with Gasteiger partial charge in [-0.15, -0.1) is 0 Å². The third kappa shape index (κ3) is 1.88. The Kier molecular flexibility index (Phi) is 3.73. The van der Waals surface area contributed by atoms with E-state index >= 15 is 0 Å². The fraction of sp³-hybridized carbons (Fsp3) is 0.909. The van der Waals surface area contributed by atoms with Crippen LogP contribution in [0, 0.1) is 5.41 Å². The lowest BCUT2D eigenvalue weighted by molar-refractivity contribution is -0.175. The second-order valence-electron chi connectivity index (χ2n) is 4.38. The van der Waals surface area contributed by atoms with Gasteiger partial charge in [0.25, 0.3) is 0 Å². The van der Waals surface area contributed by atoms with E-state index in [1.54, 1.807) is 0 Å². The molecule has 0 radical (unpaired) electrons. The van der Waals surface area contributed by atoms with E-state index in [1.807, 2.05) is 13.8 Å². The van der Waals surface area contributed by atoms with E-state index in [4.69, 9.17) is 0 Å². The molecule has 0 atom stereocenters. The summed E-state index contributed by atoms with van der Waals surface area (Å²) >= 11 is 0. The van der Waals surface area contributed by atoms with Gasteiger partial charge in [-0.2, -0.15) is 0 Å². The summed E-state index contributed by atoms with van der Waals surface area (Å²) in [6.45, 7) is 5.09. The summed E-state index contributed by atoms with van der Waals surface area (Å²) < 4.78 is 0.